The highest BCUT2D eigenvalue weighted by molar-refractivity contribution is 5.86. The van der Waals surface area contributed by atoms with Gasteiger partial charge in [-0.25, -0.2) is 0 Å². The fraction of sp³-hybridized carbons (Fsp3) is 0.500. The Balaban J connectivity index is 0.00000484. The molecule has 1 aliphatic rings. The molecule has 4 rings (SSSR count). The second-order valence-corrected chi connectivity index (χ2v) is 12.1. The Bertz CT molecular complexity index is 1230. The fourth-order valence-electron chi connectivity index (χ4n) is 5.67. The van der Waals surface area contributed by atoms with E-state index >= 15 is 0 Å². The number of nitrogens with one attached hydrogen (secondary N) is 2. The van der Waals surface area contributed by atoms with E-state index in [2.05, 4.69) is 109 Å². The summed E-state index contributed by atoms with van der Waals surface area (Å²) in [7, 11) is 8.52. The van der Waals surface area contributed by atoms with Crippen molar-refractivity contribution in [2.24, 2.45) is 0 Å². The van der Waals surface area contributed by atoms with Gasteiger partial charge >= 0.3 is 0 Å². The lowest BCUT2D eigenvalue weighted by Gasteiger charge is -2.20. The Morgan fingerprint density at radius 3 is 1.96 bits per heavy atom. The summed E-state index contributed by atoms with van der Waals surface area (Å²) in [6, 6.07) is 22.7. The van der Waals surface area contributed by atoms with E-state index in [-0.39, 0.29) is 49.6 Å². The molecule has 0 saturated carbocycles. The summed E-state index contributed by atoms with van der Waals surface area (Å²) < 4.78 is 6.35. The van der Waals surface area contributed by atoms with Gasteiger partial charge < -0.3 is 25.2 Å². The highest BCUT2D eigenvalue weighted by Gasteiger charge is 2.15. The molecule has 0 heterocycles. The number of rotatable bonds is 18. The topological polar surface area (TPSA) is 39.8 Å². The minimum absolute atomic E-state index is 0. The van der Waals surface area contributed by atoms with Gasteiger partial charge in [-0.3, -0.25) is 0 Å². The van der Waals surface area contributed by atoms with Crippen LogP contribution in [0.5, 0.6) is 5.75 Å². The van der Waals surface area contributed by atoms with Gasteiger partial charge in [-0.1, -0.05) is 48.5 Å². The second-order valence-electron chi connectivity index (χ2n) is 12.1. The van der Waals surface area contributed by atoms with Crippen molar-refractivity contribution in [1.29, 1.82) is 0 Å². The van der Waals surface area contributed by atoms with Crippen LogP contribution >= 0.6 is 49.6 Å². The van der Waals surface area contributed by atoms with Crippen LogP contribution in [0.4, 0.5) is 0 Å². The number of hydrogen-bond donors (Lipinski definition) is 2. The van der Waals surface area contributed by atoms with Crippen molar-refractivity contribution >= 4 is 49.6 Å². The number of hydrogen-bond acceptors (Lipinski definition) is 5. The Morgan fingerprint density at radius 2 is 1.24 bits per heavy atom. The number of aryl methyl sites for hydroxylation is 3. The molecular formula is C36H56Cl4N4O. The van der Waals surface area contributed by atoms with E-state index < -0.39 is 0 Å². The molecule has 0 radical (unpaired) electrons. The summed E-state index contributed by atoms with van der Waals surface area (Å²) in [5, 5.41) is 7.23. The van der Waals surface area contributed by atoms with Crippen LogP contribution in [-0.4, -0.2) is 70.8 Å². The van der Waals surface area contributed by atoms with Gasteiger partial charge in [-0.05, 0) is 145 Å². The van der Waals surface area contributed by atoms with E-state index in [0.717, 1.165) is 96.6 Å². The molecule has 0 spiro atoms. The predicted octanol–water partition coefficient (Wildman–Crippen LogP) is 7.62. The summed E-state index contributed by atoms with van der Waals surface area (Å²) in [4.78, 5) is 4.47. The Hall–Kier alpha value is -1.54. The van der Waals surface area contributed by atoms with E-state index in [4.69, 9.17) is 4.74 Å². The maximum absolute atomic E-state index is 6.35. The quantitative estimate of drug-likeness (QED) is 0.134. The van der Waals surface area contributed by atoms with Crippen molar-refractivity contribution in [3.05, 3.63) is 88.5 Å². The summed E-state index contributed by atoms with van der Waals surface area (Å²) in [5.74, 6) is 1.02. The minimum Gasteiger partial charge on any atom is -0.493 e. The van der Waals surface area contributed by atoms with Crippen LogP contribution in [0.1, 0.15) is 53.5 Å². The summed E-state index contributed by atoms with van der Waals surface area (Å²) in [6.45, 7) is 6.76. The average Bonchev–Trinajstić information content (AvgIpc) is 2.97. The first-order valence-electron chi connectivity index (χ1n) is 15.6. The Labute approximate surface area is 297 Å². The van der Waals surface area contributed by atoms with Crippen molar-refractivity contribution < 1.29 is 4.74 Å². The zero-order valence-electron chi connectivity index (χ0n) is 27.6. The van der Waals surface area contributed by atoms with Crippen LogP contribution in [0.3, 0.4) is 0 Å². The van der Waals surface area contributed by atoms with Gasteiger partial charge in [0, 0.05) is 18.7 Å². The van der Waals surface area contributed by atoms with E-state index in [9.17, 15) is 0 Å². The first-order valence-corrected chi connectivity index (χ1v) is 15.6. The average molecular weight is 703 g/mol. The van der Waals surface area contributed by atoms with Crippen molar-refractivity contribution in [2.45, 2.75) is 58.0 Å². The van der Waals surface area contributed by atoms with Gasteiger partial charge in [-0.2, -0.15) is 0 Å². The van der Waals surface area contributed by atoms with E-state index in [0.29, 0.717) is 0 Å². The molecule has 1 aliphatic carbocycles. The molecule has 0 unspecified atom stereocenters. The largest absolute Gasteiger partial charge is 0.493 e. The number of fused-ring (bicyclic) bond motifs is 3. The summed E-state index contributed by atoms with van der Waals surface area (Å²) in [6.07, 6.45) is 7.92. The number of ether oxygens (including phenoxy) is 1. The molecule has 3 aromatic carbocycles. The molecule has 0 aliphatic heterocycles. The molecule has 9 heteroatoms. The molecule has 2 N–H and O–H groups in total. The van der Waals surface area contributed by atoms with Crippen LogP contribution in [0.2, 0.25) is 0 Å². The van der Waals surface area contributed by atoms with Crippen LogP contribution in [-0.2, 0) is 32.4 Å². The lowest BCUT2D eigenvalue weighted by atomic mass is 9.84. The third-order valence-corrected chi connectivity index (χ3v) is 7.95. The molecule has 0 aromatic heterocycles. The molecule has 0 amide bonds. The van der Waals surface area contributed by atoms with Gasteiger partial charge in [0.25, 0.3) is 0 Å². The number of benzene rings is 3. The van der Waals surface area contributed by atoms with Crippen molar-refractivity contribution in [1.82, 2.24) is 20.4 Å². The molecular weight excluding hydrogens is 646 g/mol. The molecule has 0 bridgehead atoms. The Morgan fingerprint density at radius 1 is 0.622 bits per heavy atom. The van der Waals surface area contributed by atoms with Crippen LogP contribution in [0.25, 0.3) is 11.1 Å². The minimum atomic E-state index is 0. The third-order valence-electron chi connectivity index (χ3n) is 7.95. The number of halogens is 4. The van der Waals surface area contributed by atoms with E-state index in [1.165, 1.54) is 38.9 Å². The second kappa shape index (κ2) is 23.7. The maximum atomic E-state index is 6.35. The highest BCUT2D eigenvalue weighted by atomic mass is 35.5. The normalized spacial score (nSPS) is 11.4. The summed E-state index contributed by atoms with van der Waals surface area (Å²) >= 11 is 0. The first-order chi connectivity index (χ1) is 20.0. The van der Waals surface area contributed by atoms with Gasteiger partial charge in [0.1, 0.15) is 5.75 Å². The molecule has 3 aromatic rings. The maximum Gasteiger partial charge on any atom is 0.123 e. The zero-order chi connectivity index (χ0) is 28.9. The van der Waals surface area contributed by atoms with Crippen molar-refractivity contribution in [3.8, 4) is 16.9 Å². The van der Waals surface area contributed by atoms with E-state index in [1.54, 1.807) is 0 Å². The number of unbranched alkanes of at least 4 members (excludes halogenated alkanes) is 1. The molecule has 5 nitrogen and oxygen atoms in total. The lowest BCUT2D eigenvalue weighted by Crippen LogP contribution is -2.22. The lowest BCUT2D eigenvalue weighted by molar-refractivity contribution is 0.303. The first kappa shape index (κ1) is 43.5. The van der Waals surface area contributed by atoms with Crippen LogP contribution in [0, 0.1) is 0 Å². The molecule has 0 atom stereocenters. The zero-order valence-corrected chi connectivity index (χ0v) is 30.9. The van der Waals surface area contributed by atoms with Gasteiger partial charge in [0.05, 0.1) is 6.61 Å². The standard InChI is InChI=1S/C36H52N4O.4ClH/c1-39(2)22-9-20-37-27-30-15-19-36(33(26-30)28-38-21-10-23-40(3)4)41-24-8-7-11-29-14-18-35-32(25-29)17-16-31-12-5-6-13-34(31)35;;;;/h5-6,12-15,18-19,25-26,37-38H,7-11,16-17,20-24,27-28H2,1-4H3;4*1H. The van der Waals surface area contributed by atoms with Crippen molar-refractivity contribution in [2.75, 3.05) is 61.0 Å². The van der Waals surface area contributed by atoms with Gasteiger partial charge in [0.15, 0.2) is 0 Å². The molecule has 45 heavy (non-hydrogen) atoms. The van der Waals surface area contributed by atoms with Crippen molar-refractivity contribution in [3.63, 3.8) is 0 Å². The smallest absolute Gasteiger partial charge is 0.123 e. The fourth-order valence-corrected chi connectivity index (χ4v) is 5.67. The molecule has 254 valence electrons. The SMILES string of the molecule is CN(C)CCCNCc1ccc(OCCCCc2ccc3c(c2)CCc2ccccc2-3)c(CNCCCN(C)C)c1.Cl.Cl.Cl.Cl. The Kier molecular flexibility index (Phi) is 22.9. The van der Waals surface area contributed by atoms with Crippen LogP contribution in [0.15, 0.2) is 60.7 Å². The molecule has 0 saturated heterocycles. The predicted molar refractivity (Wildman–Crippen MR) is 203 cm³/mol. The summed E-state index contributed by atoms with van der Waals surface area (Å²) in [5.41, 5.74) is 9.87. The third kappa shape index (κ3) is 14.8. The van der Waals surface area contributed by atoms with Gasteiger partial charge in [0.2, 0.25) is 0 Å². The highest BCUT2D eigenvalue weighted by Crippen LogP contribution is 2.34. The van der Waals surface area contributed by atoms with Crippen LogP contribution < -0.4 is 15.4 Å². The number of nitrogens with zero attached hydrogens (tertiary/aromatic N) is 2. The monoisotopic (exact) mass is 700 g/mol. The van der Waals surface area contributed by atoms with Gasteiger partial charge in [-0.15, -0.1) is 49.6 Å². The molecule has 0 fully saturated rings. The van der Waals surface area contributed by atoms with E-state index in [1.807, 2.05) is 0 Å².